The fraction of sp³-hybridized carbons (Fsp3) is 0.538. The summed E-state index contributed by atoms with van der Waals surface area (Å²) in [6, 6.07) is 3.42. The van der Waals surface area contributed by atoms with Crippen molar-refractivity contribution in [3.8, 4) is 0 Å². The summed E-state index contributed by atoms with van der Waals surface area (Å²) < 4.78 is 32.4. The largest absolute Gasteiger partial charge is 0.382 e. The molecule has 0 atom stereocenters. The van der Waals surface area contributed by atoms with Gasteiger partial charge >= 0.3 is 0 Å². The van der Waals surface area contributed by atoms with E-state index >= 15 is 0 Å². The first kappa shape index (κ1) is 16.9. The minimum absolute atomic E-state index is 0.313. The second-order valence-electron chi connectivity index (χ2n) is 4.53. The number of ether oxygens (including phenoxy) is 1. The van der Waals surface area contributed by atoms with E-state index in [9.17, 15) is 8.42 Å². The van der Waals surface area contributed by atoms with Crippen LogP contribution in [-0.2, 0) is 14.8 Å². The average molecular weight is 301 g/mol. The van der Waals surface area contributed by atoms with Crippen molar-refractivity contribution in [2.45, 2.75) is 32.1 Å². The number of benzene rings is 1. The predicted molar refractivity (Wildman–Crippen MR) is 80.0 cm³/mol. The van der Waals surface area contributed by atoms with Crippen LogP contribution in [0.5, 0.6) is 0 Å². The molecule has 0 aromatic heterocycles. The lowest BCUT2D eigenvalue weighted by Gasteiger charge is -2.14. The monoisotopic (exact) mass is 301 g/mol. The van der Waals surface area contributed by atoms with Gasteiger partial charge in [-0.1, -0.05) is 0 Å². The normalized spacial score (nSPS) is 11.6. The number of rotatable bonds is 8. The number of nitrogens with two attached hydrogens (primary N) is 1. The highest BCUT2D eigenvalue weighted by atomic mass is 32.2. The summed E-state index contributed by atoms with van der Waals surface area (Å²) in [5.41, 5.74) is 4.54. The van der Waals surface area contributed by atoms with E-state index in [1.807, 2.05) is 6.92 Å². The number of sulfonamides is 1. The standard InChI is InChI=1S/C13H23N3O3S/c1-4-19-7-5-6-15-20(17,18)13-10(2)8-12(16-14)9-11(13)3/h8-9,15-16H,4-7,14H2,1-3H3. The molecule has 4 N–H and O–H groups in total. The molecule has 0 aliphatic heterocycles. The number of nitrogen functional groups attached to an aromatic ring is 1. The molecule has 20 heavy (non-hydrogen) atoms. The van der Waals surface area contributed by atoms with Gasteiger partial charge in [-0.15, -0.1) is 0 Å². The van der Waals surface area contributed by atoms with Crippen LogP contribution in [0.3, 0.4) is 0 Å². The summed E-state index contributed by atoms with van der Waals surface area (Å²) in [6.45, 7) is 6.96. The summed E-state index contributed by atoms with van der Waals surface area (Å²) in [4.78, 5) is 0.313. The number of hydrazine groups is 1. The molecule has 1 aromatic rings. The van der Waals surface area contributed by atoms with E-state index in [1.54, 1.807) is 26.0 Å². The molecule has 0 fully saturated rings. The van der Waals surface area contributed by atoms with Gasteiger partial charge in [0.1, 0.15) is 0 Å². The second kappa shape index (κ2) is 7.58. The van der Waals surface area contributed by atoms with Gasteiger partial charge in [-0.25, -0.2) is 13.1 Å². The number of hydrogen-bond donors (Lipinski definition) is 3. The molecule has 0 bridgehead atoms. The van der Waals surface area contributed by atoms with Crippen molar-refractivity contribution in [1.82, 2.24) is 4.72 Å². The lowest BCUT2D eigenvalue weighted by molar-refractivity contribution is 0.146. The van der Waals surface area contributed by atoms with Crippen LogP contribution in [-0.4, -0.2) is 28.2 Å². The fourth-order valence-corrected chi connectivity index (χ4v) is 3.58. The van der Waals surface area contributed by atoms with E-state index < -0.39 is 10.0 Å². The topological polar surface area (TPSA) is 93.4 Å². The van der Waals surface area contributed by atoms with E-state index in [2.05, 4.69) is 10.1 Å². The first-order chi connectivity index (χ1) is 9.42. The van der Waals surface area contributed by atoms with Crippen LogP contribution in [0, 0.1) is 13.8 Å². The minimum atomic E-state index is -3.51. The summed E-state index contributed by atoms with van der Waals surface area (Å²) in [5.74, 6) is 5.34. The molecule has 1 rings (SSSR count). The van der Waals surface area contributed by atoms with Crippen molar-refractivity contribution < 1.29 is 13.2 Å². The highest BCUT2D eigenvalue weighted by Gasteiger charge is 2.19. The first-order valence-corrected chi connectivity index (χ1v) is 8.06. The van der Waals surface area contributed by atoms with Gasteiger partial charge in [0.15, 0.2) is 0 Å². The smallest absolute Gasteiger partial charge is 0.241 e. The highest BCUT2D eigenvalue weighted by molar-refractivity contribution is 7.89. The Labute approximate surface area is 120 Å². The fourth-order valence-electron chi connectivity index (χ4n) is 2.05. The van der Waals surface area contributed by atoms with E-state index in [0.29, 0.717) is 47.9 Å². The van der Waals surface area contributed by atoms with E-state index in [0.717, 1.165) is 0 Å². The molecule has 6 nitrogen and oxygen atoms in total. The molecule has 0 radical (unpaired) electrons. The van der Waals surface area contributed by atoms with Crippen LogP contribution >= 0.6 is 0 Å². The van der Waals surface area contributed by atoms with Crippen LogP contribution in [0.4, 0.5) is 5.69 Å². The minimum Gasteiger partial charge on any atom is -0.382 e. The number of anilines is 1. The van der Waals surface area contributed by atoms with E-state index in [4.69, 9.17) is 10.6 Å². The maximum absolute atomic E-state index is 12.3. The summed E-state index contributed by atoms with van der Waals surface area (Å²) >= 11 is 0. The number of aryl methyl sites for hydroxylation is 2. The molecule has 0 aliphatic rings. The molecule has 7 heteroatoms. The van der Waals surface area contributed by atoms with Crippen LogP contribution in [0.2, 0.25) is 0 Å². The van der Waals surface area contributed by atoms with Crippen molar-refractivity contribution in [3.63, 3.8) is 0 Å². The van der Waals surface area contributed by atoms with E-state index in [1.165, 1.54) is 0 Å². The van der Waals surface area contributed by atoms with Crippen LogP contribution in [0.25, 0.3) is 0 Å². The zero-order valence-corrected chi connectivity index (χ0v) is 13.0. The van der Waals surface area contributed by atoms with Crippen LogP contribution < -0.4 is 16.0 Å². The summed E-state index contributed by atoms with van der Waals surface area (Å²) in [7, 11) is -3.51. The van der Waals surface area contributed by atoms with Crippen molar-refractivity contribution in [2.24, 2.45) is 5.84 Å². The molecule has 0 amide bonds. The Morgan fingerprint density at radius 1 is 1.25 bits per heavy atom. The van der Waals surface area contributed by atoms with Crippen LogP contribution in [0.1, 0.15) is 24.5 Å². The Kier molecular flexibility index (Phi) is 6.41. The van der Waals surface area contributed by atoms with Gasteiger partial charge in [0, 0.05) is 25.4 Å². The van der Waals surface area contributed by atoms with Crippen LogP contribution in [0.15, 0.2) is 17.0 Å². The van der Waals surface area contributed by atoms with Crippen molar-refractivity contribution in [2.75, 3.05) is 25.2 Å². The van der Waals surface area contributed by atoms with Gasteiger partial charge in [-0.05, 0) is 50.5 Å². The highest BCUT2D eigenvalue weighted by Crippen LogP contribution is 2.23. The third kappa shape index (κ3) is 4.45. The Balaban J connectivity index is 2.82. The second-order valence-corrected chi connectivity index (χ2v) is 6.24. The Bertz CT molecular complexity index is 521. The first-order valence-electron chi connectivity index (χ1n) is 6.57. The lowest BCUT2D eigenvalue weighted by Crippen LogP contribution is -2.27. The third-order valence-corrected chi connectivity index (χ3v) is 4.62. The molecule has 0 unspecified atom stereocenters. The average Bonchev–Trinajstić information content (AvgIpc) is 2.37. The van der Waals surface area contributed by atoms with Crippen molar-refractivity contribution in [3.05, 3.63) is 23.3 Å². The SMILES string of the molecule is CCOCCCNS(=O)(=O)c1c(C)cc(NN)cc1C. The third-order valence-electron chi connectivity index (χ3n) is 2.86. The van der Waals surface area contributed by atoms with Crippen molar-refractivity contribution >= 4 is 15.7 Å². The Morgan fingerprint density at radius 3 is 2.35 bits per heavy atom. The number of nitrogens with one attached hydrogen (secondary N) is 2. The van der Waals surface area contributed by atoms with E-state index in [-0.39, 0.29) is 0 Å². The summed E-state index contributed by atoms with van der Waals surface area (Å²) in [6.07, 6.45) is 0.646. The quantitative estimate of drug-likeness (QED) is 0.382. The van der Waals surface area contributed by atoms with Gasteiger partial charge < -0.3 is 10.2 Å². The lowest BCUT2D eigenvalue weighted by atomic mass is 10.1. The molecule has 0 heterocycles. The Morgan fingerprint density at radius 2 is 1.85 bits per heavy atom. The molecular weight excluding hydrogens is 278 g/mol. The maximum atomic E-state index is 12.3. The Hall–Kier alpha value is -1.15. The molecular formula is C13H23N3O3S. The summed E-state index contributed by atoms with van der Waals surface area (Å²) in [5, 5.41) is 0. The van der Waals surface area contributed by atoms with Gasteiger partial charge in [-0.2, -0.15) is 0 Å². The number of hydrogen-bond acceptors (Lipinski definition) is 5. The molecule has 0 spiro atoms. The van der Waals surface area contributed by atoms with Gasteiger partial charge in [0.2, 0.25) is 10.0 Å². The zero-order chi connectivity index (χ0) is 15.2. The molecule has 114 valence electrons. The van der Waals surface area contributed by atoms with Gasteiger partial charge in [0.05, 0.1) is 4.90 Å². The molecule has 0 saturated carbocycles. The van der Waals surface area contributed by atoms with Gasteiger partial charge in [-0.3, -0.25) is 5.84 Å². The van der Waals surface area contributed by atoms with Gasteiger partial charge in [0.25, 0.3) is 0 Å². The molecule has 0 saturated heterocycles. The maximum Gasteiger partial charge on any atom is 0.241 e. The van der Waals surface area contributed by atoms with Crippen molar-refractivity contribution in [1.29, 1.82) is 0 Å². The molecule has 1 aromatic carbocycles. The predicted octanol–water partition coefficient (Wildman–Crippen LogP) is 1.29. The zero-order valence-electron chi connectivity index (χ0n) is 12.2. The molecule has 0 aliphatic carbocycles.